The third-order valence-corrected chi connectivity index (χ3v) is 12.0. The Hall–Kier alpha value is -7.16. The van der Waals surface area contributed by atoms with Gasteiger partial charge in [-0.3, -0.25) is 0 Å². The molecular formula is C56H44N2. The van der Waals surface area contributed by atoms with Gasteiger partial charge in [0.1, 0.15) is 0 Å². The van der Waals surface area contributed by atoms with Gasteiger partial charge in [-0.05, 0) is 129 Å². The summed E-state index contributed by atoms with van der Waals surface area (Å²) >= 11 is 0. The molecule has 0 radical (unpaired) electrons. The molecule has 0 saturated carbocycles. The molecule has 0 N–H and O–H groups in total. The molecule has 1 aliphatic rings. The Morgan fingerprint density at radius 3 is 2.00 bits per heavy atom. The van der Waals surface area contributed by atoms with Crippen molar-refractivity contribution in [2.75, 3.05) is 4.90 Å². The molecular weight excluding hydrogens is 701 g/mol. The van der Waals surface area contributed by atoms with E-state index in [4.69, 9.17) is 0 Å². The van der Waals surface area contributed by atoms with Crippen molar-refractivity contribution in [1.29, 1.82) is 0 Å². The van der Waals surface area contributed by atoms with Crippen LogP contribution in [0.4, 0.5) is 17.1 Å². The maximum absolute atomic E-state index is 4.51. The minimum Gasteiger partial charge on any atom is -0.310 e. The zero-order valence-corrected chi connectivity index (χ0v) is 32.9. The summed E-state index contributed by atoms with van der Waals surface area (Å²) in [5.41, 5.74) is 15.1. The van der Waals surface area contributed by atoms with Crippen LogP contribution in [0, 0.1) is 0 Å². The van der Waals surface area contributed by atoms with Crippen LogP contribution in [-0.4, -0.2) is 4.57 Å². The van der Waals surface area contributed by atoms with Gasteiger partial charge in [0, 0.05) is 38.9 Å². The zero-order valence-electron chi connectivity index (χ0n) is 32.9. The Morgan fingerprint density at radius 1 is 0.500 bits per heavy atom. The van der Waals surface area contributed by atoms with Gasteiger partial charge in [-0.25, -0.2) is 0 Å². The lowest BCUT2D eigenvalue weighted by molar-refractivity contribution is 0.635. The standard InChI is InChI=1S/C56H44N2/c1-39-16-6-4-7-18-41-29-32-50(38-53(41)56(39,2)3)57(49-31-28-40-17-10-11-19-44(40)35-49)48-25-15-22-45(36-48)42-20-14-21-43(34-42)46-30-33-55-52(37-46)51-26-12-13-27-54(51)58(55)47-23-8-5-9-24-47/h4-17,19-38H,1,18H2,2-3H3/b7-4-,16-6-. The topological polar surface area (TPSA) is 8.17 Å². The Morgan fingerprint density at radius 2 is 1.16 bits per heavy atom. The molecule has 1 aromatic heterocycles. The van der Waals surface area contributed by atoms with E-state index in [0.29, 0.717) is 0 Å². The van der Waals surface area contributed by atoms with Crippen LogP contribution in [0.25, 0.3) is 60.5 Å². The Labute approximate surface area is 341 Å². The van der Waals surface area contributed by atoms with Crippen LogP contribution in [0.3, 0.4) is 0 Å². The van der Waals surface area contributed by atoms with Gasteiger partial charge in [0.15, 0.2) is 0 Å². The van der Waals surface area contributed by atoms with Crippen molar-refractivity contribution < 1.29 is 0 Å². The number of nitrogens with zero attached hydrogens (tertiary/aromatic N) is 2. The minimum atomic E-state index is -0.245. The average molecular weight is 745 g/mol. The summed E-state index contributed by atoms with van der Waals surface area (Å²) < 4.78 is 2.37. The Kier molecular flexibility index (Phi) is 8.76. The third kappa shape index (κ3) is 6.24. The highest BCUT2D eigenvalue weighted by molar-refractivity contribution is 6.10. The molecule has 1 aliphatic carbocycles. The van der Waals surface area contributed by atoms with E-state index in [1.165, 1.54) is 71.6 Å². The summed E-state index contributed by atoms with van der Waals surface area (Å²) in [5.74, 6) is 0. The number of benzene rings is 8. The van der Waals surface area contributed by atoms with E-state index in [2.05, 4.69) is 236 Å². The molecule has 8 aromatic carbocycles. The number of para-hydroxylation sites is 2. The molecule has 10 rings (SSSR count). The maximum Gasteiger partial charge on any atom is 0.0541 e. The van der Waals surface area contributed by atoms with Crippen LogP contribution in [-0.2, 0) is 11.8 Å². The fraction of sp³-hybridized carbons (Fsp3) is 0.0714. The Balaban J connectivity index is 1.08. The number of hydrogen-bond donors (Lipinski definition) is 0. The fourth-order valence-electron chi connectivity index (χ4n) is 8.76. The minimum absolute atomic E-state index is 0.245. The average Bonchev–Trinajstić information content (AvgIpc) is 3.62. The molecule has 0 spiro atoms. The molecule has 0 saturated heterocycles. The number of fused-ring (bicyclic) bond motifs is 5. The molecule has 0 atom stereocenters. The number of anilines is 3. The van der Waals surface area contributed by atoms with Crippen LogP contribution < -0.4 is 4.90 Å². The molecule has 1 heterocycles. The first-order chi connectivity index (χ1) is 28.4. The summed E-state index contributed by atoms with van der Waals surface area (Å²) in [4.78, 5) is 2.41. The summed E-state index contributed by atoms with van der Waals surface area (Å²) in [7, 11) is 0. The van der Waals surface area contributed by atoms with Crippen molar-refractivity contribution in [2.24, 2.45) is 0 Å². The predicted octanol–water partition coefficient (Wildman–Crippen LogP) is 15.2. The number of hydrogen-bond acceptors (Lipinski definition) is 1. The highest BCUT2D eigenvalue weighted by Gasteiger charge is 2.27. The SMILES string of the molecule is C=C1/C=C\C=C/Cc2ccc(N(c3cccc(-c4cccc(-c5ccc6c(c5)c5ccccc5n6-c5ccccc5)c4)c3)c3ccc4ccccc4c3)cc2C1(C)C. The molecule has 0 bridgehead atoms. The third-order valence-electron chi connectivity index (χ3n) is 12.0. The van der Waals surface area contributed by atoms with E-state index in [0.717, 1.165) is 29.1 Å². The summed E-state index contributed by atoms with van der Waals surface area (Å²) in [5, 5.41) is 4.95. The van der Waals surface area contributed by atoms with Gasteiger partial charge in [-0.2, -0.15) is 0 Å². The predicted molar refractivity (Wildman–Crippen MR) is 248 cm³/mol. The first-order valence-corrected chi connectivity index (χ1v) is 20.2. The van der Waals surface area contributed by atoms with E-state index in [9.17, 15) is 0 Å². The summed E-state index contributed by atoms with van der Waals surface area (Å²) in [6, 6.07) is 66.6. The van der Waals surface area contributed by atoms with Crippen molar-refractivity contribution in [1.82, 2.24) is 4.57 Å². The van der Waals surface area contributed by atoms with Crippen LogP contribution in [0.5, 0.6) is 0 Å². The highest BCUT2D eigenvalue weighted by atomic mass is 15.1. The molecule has 0 amide bonds. The van der Waals surface area contributed by atoms with Crippen LogP contribution in [0.15, 0.2) is 218 Å². The van der Waals surface area contributed by atoms with Gasteiger partial charge in [0.05, 0.1) is 11.0 Å². The summed E-state index contributed by atoms with van der Waals surface area (Å²) in [6.07, 6.45) is 9.51. The molecule has 0 aliphatic heterocycles. The number of allylic oxidation sites excluding steroid dienone is 5. The highest BCUT2D eigenvalue weighted by Crippen LogP contribution is 2.43. The van der Waals surface area contributed by atoms with Crippen molar-refractivity contribution in [3.63, 3.8) is 0 Å². The van der Waals surface area contributed by atoms with Gasteiger partial charge < -0.3 is 9.47 Å². The van der Waals surface area contributed by atoms with Gasteiger partial charge in [0.2, 0.25) is 0 Å². The fourth-order valence-corrected chi connectivity index (χ4v) is 8.76. The number of rotatable bonds is 6. The van der Waals surface area contributed by atoms with Crippen molar-refractivity contribution >= 4 is 49.6 Å². The van der Waals surface area contributed by atoms with Crippen LogP contribution >= 0.6 is 0 Å². The molecule has 9 aromatic rings. The second-order valence-corrected chi connectivity index (χ2v) is 15.9. The van der Waals surface area contributed by atoms with Crippen molar-refractivity contribution in [3.05, 3.63) is 230 Å². The largest absolute Gasteiger partial charge is 0.310 e. The number of aromatic nitrogens is 1. The zero-order chi connectivity index (χ0) is 39.2. The first-order valence-electron chi connectivity index (χ1n) is 20.2. The maximum atomic E-state index is 4.51. The van der Waals surface area contributed by atoms with E-state index >= 15 is 0 Å². The monoisotopic (exact) mass is 744 g/mol. The Bertz CT molecular complexity index is 3080. The molecule has 0 fully saturated rings. The second kappa shape index (κ2) is 14.4. The van der Waals surface area contributed by atoms with E-state index in [1.54, 1.807) is 0 Å². The first kappa shape index (κ1) is 35.3. The lowest BCUT2D eigenvalue weighted by Crippen LogP contribution is -2.21. The normalized spacial score (nSPS) is 14.8. The molecule has 278 valence electrons. The van der Waals surface area contributed by atoms with Crippen molar-refractivity contribution in [2.45, 2.75) is 25.7 Å². The quantitative estimate of drug-likeness (QED) is 0.165. The van der Waals surface area contributed by atoms with Gasteiger partial charge in [0.25, 0.3) is 0 Å². The van der Waals surface area contributed by atoms with Crippen LogP contribution in [0.1, 0.15) is 25.0 Å². The lowest BCUT2D eigenvalue weighted by Gasteiger charge is -2.32. The van der Waals surface area contributed by atoms with E-state index in [-0.39, 0.29) is 5.41 Å². The smallest absolute Gasteiger partial charge is 0.0541 e. The van der Waals surface area contributed by atoms with Crippen molar-refractivity contribution in [3.8, 4) is 27.9 Å². The van der Waals surface area contributed by atoms with Crippen LogP contribution in [0.2, 0.25) is 0 Å². The molecule has 0 unspecified atom stereocenters. The van der Waals surface area contributed by atoms with Gasteiger partial charge in [-0.15, -0.1) is 0 Å². The second-order valence-electron chi connectivity index (χ2n) is 15.9. The molecule has 2 heteroatoms. The summed E-state index contributed by atoms with van der Waals surface area (Å²) in [6.45, 7) is 9.10. The lowest BCUT2D eigenvalue weighted by atomic mass is 9.75. The molecule has 58 heavy (non-hydrogen) atoms. The van der Waals surface area contributed by atoms with Gasteiger partial charge >= 0.3 is 0 Å². The van der Waals surface area contributed by atoms with E-state index < -0.39 is 0 Å². The molecule has 2 nitrogen and oxygen atoms in total. The van der Waals surface area contributed by atoms with Gasteiger partial charge in [-0.1, -0.05) is 154 Å². The van der Waals surface area contributed by atoms with E-state index in [1.807, 2.05) is 0 Å².